The van der Waals surface area contributed by atoms with Gasteiger partial charge >= 0.3 is 0 Å². The van der Waals surface area contributed by atoms with Gasteiger partial charge in [0.15, 0.2) is 0 Å². The van der Waals surface area contributed by atoms with E-state index in [0.29, 0.717) is 11.5 Å². The number of thiophene rings is 1. The first-order chi connectivity index (χ1) is 8.42. The number of hydrogen-bond donors (Lipinski definition) is 1. The largest absolute Gasteiger partial charge is 0.313 e. The standard InChI is InChI=1S/C15H20BrNS/c1-15(2,3)8-13(17-4)11-9-18-14-10(11)6-5-7-12(14)16/h5-7,9,13,17H,8H2,1-4H3. The lowest BCUT2D eigenvalue weighted by Gasteiger charge is -2.25. The second kappa shape index (κ2) is 5.32. The van der Waals surface area contributed by atoms with Crippen LogP contribution in [-0.4, -0.2) is 7.05 Å². The van der Waals surface area contributed by atoms with Crippen molar-refractivity contribution in [2.45, 2.75) is 33.2 Å². The lowest BCUT2D eigenvalue weighted by atomic mass is 9.85. The molecule has 3 heteroatoms. The van der Waals surface area contributed by atoms with Crippen LogP contribution in [0.3, 0.4) is 0 Å². The molecule has 1 atom stereocenters. The molecule has 0 aliphatic carbocycles. The Morgan fingerprint density at radius 2 is 2.06 bits per heavy atom. The van der Waals surface area contributed by atoms with E-state index in [4.69, 9.17) is 0 Å². The van der Waals surface area contributed by atoms with Crippen LogP contribution in [0.25, 0.3) is 10.1 Å². The predicted octanol–water partition coefficient (Wildman–Crippen LogP) is 5.36. The molecule has 98 valence electrons. The van der Waals surface area contributed by atoms with E-state index in [0.717, 1.165) is 6.42 Å². The van der Waals surface area contributed by atoms with Gasteiger partial charge in [-0.15, -0.1) is 11.3 Å². The van der Waals surface area contributed by atoms with E-state index in [1.807, 2.05) is 11.3 Å². The molecule has 1 aromatic carbocycles. The van der Waals surface area contributed by atoms with Crippen LogP contribution >= 0.6 is 27.3 Å². The lowest BCUT2D eigenvalue weighted by Crippen LogP contribution is -2.22. The maximum Gasteiger partial charge on any atom is 0.0488 e. The molecule has 2 aromatic rings. The molecule has 18 heavy (non-hydrogen) atoms. The van der Waals surface area contributed by atoms with Gasteiger partial charge in [0.2, 0.25) is 0 Å². The van der Waals surface area contributed by atoms with E-state index in [9.17, 15) is 0 Å². The highest BCUT2D eigenvalue weighted by molar-refractivity contribution is 9.10. The van der Waals surface area contributed by atoms with Crippen molar-refractivity contribution >= 4 is 37.4 Å². The zero-order valence-electron chi connectivity index (χ0n) is 11.4. The Hall–Kier alpha value is -0.380. The molecule has 0 aliphatic rings. The van der Waals surface area contributed by atoms with Gasteiger partial charge in [0.25, 0.3) is 0 Å². The Morgan fingerprint density at radius 1 is 1.33 bits per heavy atom. The van der Waals surface area contributed by atoms with E-state index >= 15 is 0 Å². The molecule has 1 unspecified atom stereocenters. The van der Waals surface area contributed by atoms with Crippen molar-refractivity contribution in [1.82, 2.24) is 5.32 Å². The van der Waals surface area contributed by atoms with E-state index < -0.39 is 0 Å². The molecular formula is C15H20BrNS. The number of fused-ring (bicyclic) bond motifs is 1. The summed E-state index contributed by atoms with van der Waals surface area (Å²) in [5, 5.41) is 7.13. The van der Waals surface area contributed by atoms with Gasteiger partial charge in [0, 0.05) is 15.2 Å². The molecule has 1 nitrogen and oxygen atoms in total. The number of nitrogens with one attached hydrogen (secondary N) is 1. The Balaban J connectivity index is 2.43. The highest BCUT2D eigenvalue weighted by Crippen LogP contribution is 2.38. The number of rotatable bonds is 3. The average Bonchev–Trinajstić information content (AvgIpc) is 2.70. The summed E-state index contributed by atoms with van der Waals surface area (Å²) in [7, 11) is 2.05. The fourth-order valence-corrected chi connectivity index (χ4v) is 3.97. The third-order valence-electron chi connectivity index (χ3n) is 3.12. The molecule has 0 saturated heterocycles. The smallest absolute Gasteiger partial charge is 0.0488 e. The molecule has 2 rings (SSSR count). The van der Waals surface area contributed by atoms with Gasteiger partial charge in [0.05, 0.1) is 0 Å². The van der Waals surface area contributed by atoms with E-state index in [2.05, 4.69) is 72.6 Å². The van der Waals surface area contributed by atoms with Gasteiger partial charge in [-0.1, -0.05) is 32.9 Å². The highest BCUT2D eigenvalue weighted by atomic mass is 79.9. The highest BCUT2D eigenvalue weighted by Gasteiger charge is 2.21. The van der Waals surface area contributed by atoms with Gasteiger partial charge in [-0.2, -0.15) is 0 Å². The van der Waals surface area contributed by atoms with Gasteiger partial charge in [-0.3, -0.25) is 0 Å². The maximum atomic E-state index is 3.63. The molecule has 0 aliphatic heterocycles. The zero-order chi connectivity index (χ0) is 13.3. The SMILES string of the molecule is CNC(CC(C)(C)C)c1csc2c(Br)cccc12. The minimum Gasteiger partial charge on any atom is -0.313 e. The van der Waals surface area contributed by atoms with Crippen LogP contribution in [0.4, 0.5) is 0 Å². The van der Waals surface area contributed by atoms with Crippen LogP contribution in [0.5, 0.6) is 0 Å². The summed E-state index contributed by atoms with van der Waals surface area (Å²) in [5.41, 5.74) is 1.75. The van der Waals surface area contributed by atoms with E-state index in [-0.39, 0.29) is 0 Å². The summed E-state index contributed by atoms with van der Waals surface area (Å²) >= 11 is 5.46. The summed E-state index contributed by atoms with van der Waals surface area (Å²) in [6.07, 6.45) is 1.14. The molecular weight excluding hydrogens is 306 g/mol. The summed E-state index contributed by atoms with van der Waals surface area (Å²) in [6, 6.07) is 6.87. The first kappa shape index (κ1) is 14.0. The predicted molar refractivity (Wildman–Crippen MR) is 85.4 cm³/mol. The number of benzene rings is 1. The normalized spacial score (nSPS) is 14.1. The minimum atomic E-state index is 0.327. The molecule has 1 N–H and O–H groups in total. The topological polar surface area (TPSA) is 12.0 Å². The van der Waals surface area contributed by atoms with Gasteiger partial charge in [-0.25, -0.2) is 0 Å². The van der Waals surface area contributed by atoms with Crippen LogP contribution in [0.1, 0.15) is 38.8 Å². The summed E-state index contributed by atoms with van der Waals surface area (Å²) in [4.78, 5) is 0. The average molecular weight is 326 g/mol. The van der Waals surface area contributed by atoms with Crippen LogP contribution in [-0.2, 0) is 0 Å². The number of halogens is 1. The summed E-state index contributed by atoms with van der Waals surface area (Å²) in [6.45, 7) is 6.88. The maximum absolute atomic E-state index is 3.63. The molecule has 0 amide bonds. The quantitative estimate of drug-likeness (QED) is 0.800. The molecule has 1 heterocycles. The first-order valence-electron chi connectivity index (χ1n) is 6.25. The molecule has 0 bridgehead atoms. The van der Waals surface area contributed by atoms with Crippen LogP contribution < -0.4 is 5.32 Å². The van der Waals surface area contributed by atoms with Crippen molar-refractivity contribution < 1.29 is 0 Å². The van der Waals surface area contributed by atoms with E-state index in [1.165, 1.54) is 20.1 Å². The third kappa shape index (κ3) is 2.95. The van der Waals surface area contributed by atoms with Crippen molar-refractivity contribution in [3.05, 3.63) is 33.6 Å². The fraction of sp³-hybridized carbons (Fsp3) is 0.467. The Bertz CT molecular complexity index is 539. The Kier molecular flexibility index (Phi) is 4.15. The van der Waals surface area contributed by atoms with Crippen molar-refractivity contribution in [3.8, 4) is 0 Å². The minimum absolute atomic E-state index is 0.327. The summed E-state index contributed by atoms with van der Waals surface area (Å²) < 4.78 is 2.54. The van der Waals surface area contributed by atoms with Crippen molar-refractivity contribution in [1.29, 1.82) is 0 Å². The van der Waals surface area contributed by atoms with Crippen LogP contribution in [0, 0.1) is 5.41 Å². The fourth-order valence-electron chi connectivity index (χ4n) is 2.29. The zero-order valence-corrected chi connectivity index (χ0v) is 13.8. The number of hydrogen-bond acceptors (Lipinski definition) is 2. The van der Waals surface area contributed by atoms with Gasteiger partial charge in [0.1, 0.15) is 0 Å². The molecule has 0 spiro atoms. The second-order valence-electron chi connectivity index (χ2n) is 5.91. The second-order valence-corrected chi connectivity index (χ2v) is 7.65. The molecule has 0 fully saturated rings. The Labute approximate surface area is 122 Å². The Morgan fingerprint density at radius 3 is 2.67 bits per heavy atom. The van der Waals surface area contributed by atoms with Crippen molar-refractivity contribution in [2.24, 2.45) is 5.41 Å². The summed E-state index contributed by atoms with van der Waals surface area (Å²) in [5.74, 6) is 0. The van der Waals surface area contributed by atoms with Gasteiger partial charge < -0.3 is 5.32 Å². The first-order valence-corrected chi connectivity index (χ1v) is 7.92. The van der Waals surface area contributed by atoms with Crippen molar-refractivity contribution in [3.63, 3.8) is 0 Å². The lowest BCUT2D eigenvalue weighted by molar-refractivity contribution is 0.322. The van der Waals surface area contributed by atoms with E-state index in [1.54, 1.807) is 0 Å². The van der Waals surface area contributed by atoms with Crippen molar-refractivity contribution in [2.75, 3.05) is 7.05 Å². The van der Waals surface area contributed by atoms with Crippen LogP contribution in [0.15, 0.2) is 28.1 Å². The molecule has 0 saturated carbocycles. The monoisotopic (exact) mass is 325 g/mol. The van der Waals surface area contributed by atoms with Crippen LogP contribution in [0.2, 0.25) is 0 Å². The van der Waals surface area contributed by atoms with Gasteiger partial charge in [-0.05, 0) is 57.2 Å². The molecule has 0 radical (unpaired) electrons. The third-order valence-corrected chi connectivity index (χ3v) is 5.09. The molecule has 1 aromatic heterocycles.